The Bertz CT molecular complexity index is 808. The molecule has 31 heavy (non-hydrogen) atoms. The summed E-state index contributed by atoms with van der Waals surface area (Å²) in [6, 6.07) is 9.37. The van der Waals surface area contributed by atoms with Gasteiger partial charge in [0.2, 0.25) is 5.91 Å². The normalized spacial score (nSPS) is 19.7. The predicted octanol–water partition coefficient (Wildman–Crippen LogP) is 4.14. The molecule has 0 radical (unpaired) electrons. The predicted molar refractivity (Wildman–Crippen MR) is 122 cm³/mol. The number of amides is 1. The molecule has 0 aliphatic heterocycles. The van der Waals surface area contributed by atoms with Gasteiger partial charge in [0.15, 0.2) is 0 Å². The number of aliphatic hydroxyl groups excluding tert-OH is 1. The average Bonchev–Trinajstić information content (AvgIpc) is 3.55. The van der Waals surface area contributed by atoms with Gasteiger partial charge < -0.3 is 15.2 Å². The van der Waals surface area contributed by atoms with E-state index in [0.717, 1.165) is 25.0 Å². The molecule has 1 aromatic rings. The van der Waals surface area contributed by atoms with Crippen LogP contribution in [0.25, 0.3) is 0 Å². The summed E-state index contributed by atoms with van der Waals surface area (Å²) in [6.07, 6.45) is 14.6. The molecule has 5 nitrogen and oxygen atoms in total. The number of para-hydroxylation sites is 1. The number of benzene rings is 1. The number of carbonyl (C=O) groups is 2. The van der Waals surface area contributed by atoms with Crippen LogP contribution >= 0.6 is 0 Å². The van der Waals surface area contributed by atoms with Crippen molar-refractivity contribution in [3.05, 3.63) is 66.3 Å². The lowest BCUT2D eigenvalue weighted by Gasteiger charge is -2.11. The second-order valence-electron chi connectivity index (χ2n) is 8.32. The Morgan fingerprint density at radius 2 is 2.03 bits per heavy atom. The van der Waals surface area contributed by atoms with Crippen LogP contribution in [-0.4, -0.2) is 36.1 Å². The molecule has 1 saturated carbocycles. The Labute approximate surface area is 184 Å². The van der Waals surface area contributed by atoms with Gasteiger partial charge in [-0.2, -0.15) is 0 Å². The zero-order valence-corrected chi connectivity index (χ0v) is 18.0. The van der Waals surface area contributed by atoms with Gasteiger partial charge in [-0.05, 0) is 55.7 Å². The van der Waals surface area contributed by atoms with Gasteiger partial charge in [-0.3, -0.25) is 9.59 Å². The Kier molecular flexibility index (Phi) is 9.10. The smallest absolute Gasteiger partial charge is 0.220 e. The number of nitrogens with one attached hydrogen (secondary N) is 1. The molecule has 2 aliphatic rings. The molecule has 0 aromatic heterocycles. The maximum absolute atomic E-state index is 12.2. The van der Waals surface area contributed by atoms with Gasteiger partial charge in [0, 0.05) is 25.3 Å². The van der Waals surface area contributed by atoms with E-state index in [9.17, 15) is 14.7 Å². The second-order valence-corrected chi connectivity index (χ2v) is 8.32. The maximum Gasteiger partial charge on any atom is 0.220 e. The summed E-state index contributed by atoms with van der Waals surface area (Å²) >= 11 is 0. The van der Waals surface area contributed by atoms with Crippen molar-refractivity contribution in [3.8, 4) is 5.75 Å². The average molecular weight is 424 g/mol. The van der Waals surface area contributed by atoms with E-state index in [1.807, 2.05) is 48.6 Å². The molecule has 2 N–H and O–H groups in total. The van der Waals surface area contributed by atoms with Crippen molar-refractivity contribution >= 4 is 11.7 Å². The molecule has 0 saturated heterocycles. The maximum atomic E-state index is 12.2. The number of allylic oxidation sites excluding steroid dienone is 5. The molecule has 166 valence electrons. The first-order chi connectivity index (χ1) is 15.1. The molecule has 3 rings (SSSR count). The van der Waals surface area contributed by atoms with Gasteiger partial charge in [-0.25, -0.2) is 0 Å². The quantitative estimate of drug-likeness (QED) is 0.369. The van der Waals surface area contributed by atoms with Gasteiger partial charge in [0.1, 0.15) is 24.2 Å². The first-order valence-corrected chi connectivity index (χ1v) is 11.3. The molecule has 1 aromatic carbocycles. The minimum absolute atomic E-state index is 0.136. The van der Waals surface area contributed by atoms with Crippen LogP contribution in [0.15, 0.2) is 66.3 Å². The van der Waals surface area contributed by atoms with E-state index in [0.29, 0.717) is 30.9 Å². The van der Waals surface area contributed by atoms with Gasteiger partial charge in [0.05, 0.1) is 0 Å². The Balaban J connectivity index is 1.34. The molecular weight excluding hydrogens is 390 g/mol. The highest BCUT2D eigenvalue weighted by Crippen LogP contribution is 2.28. The first-order valence-electron chi connectivity index (χ1n) is 11.3. The van der Waals surface area contributed by atoms with Crippen LogP contribution in [0.1, 0.15) is 44.9 Å². The molecule has 0 bridgehead atoms. The first kappa shape index (κ1) is 23.0. The lowest BCUT2D eigenvalue weighted by Crippen LogP contribution is -2.24. The van der Waals surface area contributed by atoms with Crippen LogP contribution in [0.5, 0.6) is 5.75 Å². The molecule has 1 unspecified atom stereocenters. The third-order valence-electron chi connectivity index (χ3n) is 5.60. The van der Waals surface area contributed by atoms with E-state index in [-0.39, 0.29) is 24.2 Å². The van der Waals surface area contributed by atoms with Crippen molar-refractivity contribution in [3.63, 3.8) is 0 Å². The summed E-state index contributed by atoms with van der Waals surface area (Å²) in [6.45, 7) is 0.995. The SMILES string of the molecule is O=C(CCC/C=C\CC1C(=O)CC=C1/C=C/[C@@H](O)COc1ccccc1)NCC1CC1. The van der Waals surface area contributed by atoms with E-state index in [1.165, 1.54) is 12.8 Å². The van der Waals surface area contributed by atoms with Crippen molar-refractivity contribution in [2.45, 2.75) is 51.0 Å². The number of hydrogen-bond donors (Lipinski definition) is 2. The summed E-state index contributed by atoms with van der Waals surface area (Å²) in [5.41, 5.74) is 0.952. The third-order valence-corrected chi connectivity index (χ3v) is 5.60. The van der Waals surface area contributed by atoms with Crippen molar-refractivity contribution in [1.82, 2.24) is 5.32 Å². The molecule has 5 heteroatoms. The number of Topliss-reactive ketones (excluding diaryl/α,β-unsaturated/α-hetero) is 1. The fraction of sp³-hybridized carbons (Fsp3) is 0.462. The molecule has 2 aliphatic carbocycles. The third kappa shape index (κ3) is 8.54. The van der Waals surface area contributed by atoms with Crippen molar-refractivity contribution in [1.29, 1.82) is 0 Å². The fourth-order valence-corrected chi connectivity index (χ4v) is 3.52. The van der Waals surface area contributed by atoms with Crippen molar-refractivity contribution in [2.24, 2.45) is 11.8 Å². The summed E-state index contributed by atoms with van der Waals surface area (Å²) in [5, 5.41) is 13.1. The number of ether oxygens (including phenoxy) is 1. The van der Waals surface area contributed by atoms with Crippen molar-refractivity contribution < 1.29 is 19.4 Å². The van der Waals surface area contributed by atoms with E-state index in [1.54, 1.807) is 6.08 Å². The summed E-state index contributed by atoms with van der Waals surface area (Å²) in [5.74, 6) is 1.61. The molecule has 0 spiro atoms. The number of ketones is 1. The highest BCUT2D eigenvalue weighted by Gasteiger charge is 2.24. The standard InChI is InChI=1S/C26H33NO4/c28-22(19-31-23-8-4-3-5-9-23)16-14-21-15-17-25(29)24(21)10-6-1-2-7-11-26(30)27-18-20-12-13-20/h1,3-6,8-9,14-16,20,22,24,28H,2,7,10-13,17-19H2,(H,27,30)/b6-1-,16-14+/t22-,24?/m1/s1. The summed E-state index contributed by atoms with van der Waals surface area (Å²) in [4.78, 5) is 24.0. The van der Waals surface area contributed by atoms with Crippen LogP contribution < -0.4 is 10.1 Å². The minimum atomic E-state index is -0.737. The van der Waals surface area contributed by atoms with E-state index >= 15 is 0 Å². The monoisotopic (exact) mass is 423 g/mol. The van der Waals surface area contributed by atoms with Gasteiger partial charge in [-0.1, -0.05) is 48.6 Å². The number of carbonyl (C=O) groups excluding carboxylic acids is 2. The summed E-state index contributed by atoms with van der Waals surface area (Å²) < 4.78 is 5.55. The lowest BCUT2D eigenvalue weighted by molar-refractivity contribution is -0.121. The van der Waals surface area contributed by atoms with Gasteiger partial charge >= 0.3 is 0 Å². The topological polar surface area (TPSA) is 75.6 Å². The zero-order valence-electron chi connectivity index (χ0n) is 18.0. The van der Waals surface area contributed by atoms with E-state index in [4.69, 9.17) is 4.74 Å². The molecule has 1 amide bonds. The number of unbranched alkanes of at least 4 members (excludes halogenated alkanes) is 1. The van der Waals surface area contributed by atoms with Crippen molar-refractivity contribution in [2.75, 3.05) is 13.2 Å². The van der Waals surface area contributed by atoms with Crippen LogP contribution in [-0.2, 0) is 9.59 Å². The minimum Gasteiger partial charge on any atom is -0.491 e. The Hall–Kier alpha value is -2.66. The van der Waals surface area contributed by atoms with Gasteiger partial charge in [0.25, 0.3) is 0 Å². The number of rotatable bonds is 13. The second kappa shape index (κ2) is 12.3. The van der Waals surface area contributed by atoms with Crippen LogP contribution in [0.2, 0.25) is 0 Å². The van der Waals surface area contributed by atoms with E-state index < -0.39 is 6.10 Å². The lowest BCUT2D eigenvalue weighted by atomic mass is 9.95. The molecule has 1 fully saturated rings. The van der Waals surface area contributed by atoms with Gasteiger partial charge in [-0.15, -0.1) is 0 Å². The number of aliphatic hydroxyl groups is 1. The summed E-state index contributed by atoms with van der Waals surface area (Å²) in [7, 11) is 0. The molecular formula is C26H33NO4. The highest BCUT2D eigenvalue weighted by atomic mass is 16.5. The largest absolute Gasteiger partial charge is 0.491 e. The van der Waals surface area contributed by atoms with Crippen LogP contribution in [0, 0.1) is 11.8 Å². The molecule has 0 heterocycles. The Morgan fingerprint density at radius 3 is 2.81 bits per heavy atom. The highest BCUT2D eigenvalue weighted by molar-refractivity contribution is 5.89. The zero-order chi connectivity index (χ0) is 21.9. The van der Waals surface area contributed by atoms with E-state index in [2.05, 4.69) is 11.4 Å². The Morgan fingerprint density at radius 1 is 1.23 bits per heavy atom. The fourth-order valence-electron chi connectivity index (χ4n) is 3.52. The van der Waals surface area contributed by atoms with Crippen LogP contribution in [0.3, 0.4) is 0 Å². The molecule has 2 atom stereocenters. The number of hydrogen-bond acceptors (Lipinski definition) is 4. The van der Waals surface area contributed by atoms with Crippen LogP contribution in [0.4, 0.5) is 0 Å².